The van der Waals surface area contributed by atoms with Crippen LogP contribution < -0.4 is 5.32 Å². The van der Waals surface area contributed by atoms with Gasteiger partial charge in [0, 0.05) is 18.9 Å². The molecule has 0 aliphatic heterocycles. The molecule has 4 heteroatoms. The van der Waals surface area contributed by atoms with Crippen LogP contribution in [0.1, 0.15) is 62.9 Å². The second-order valence-corrected chi connectivity index (χ2v) is 5.15. The van der Waals surface area contributed by atoms with Crippen LogP contribution in [0.4, 0.5) is 0 Å². The summed E-state index contributed by atoms with van der Waals surface area (Å²) in [5, 5.41) is 2.95. The molecule has 0 bridgehead atoms. The van der Waals surface area contributed by atoms with E-state index in [4.69, 9.17) is 0 Å². The first kappa shape index (κ1) is 20.6. The van der Waals surface area contributed by atoms with E-state index >= 15 is 0 Å². The molecule has 0 spiro atoms. The first-order valence-corrected chi connectivity index (χ1v) is 8.59. The van der Waals surface area contributed by atoms with Crippen LogP contribution >= 0.6 is 0 Å². The number of pyridine rings is 1. The van der Waals surface area contributed by atoms with Crippen LogP contribution in [-0.2, 0) is 0 Å². The molecule has 0 aliphatic rings. The molecule has 1 aromatic rings. The molecule has 0 unspecified atom stereocenters. The molecule has 0 atom stereocenters. The fourth-order valence-electron chi connectivity index (χ4n) is 2.19. The third-order valence-electron chi connectivity index (χ3n) is 3.31. The average molecular weight is 307 g/mol. The second-order valence-electron chi connectivity index (χ2n) is 5.15. The Morgan fingerprint density at radius 1 is 1.18 bits per heavy atom. The molecule has 1 aromatic heterocycles. The number of hydrogen-bond donors (Lipinski definition) is 1. The number of aryl methyl sites for hydroxylation is 1. The maximum atomic E-state index is 11.9. The Kier molecular flexibility index (Phi) is 12.4. The molecule has 1 rings (SSSR count). The fraction of sp³-hybridized carbons (Fsp3) is 0.667. The van der Waals surface area contributed by atoms with Gasteiger partial charge in [0.25, 0.3) is 5.91 Å². The van der Waals surface area contributed by atoms with Gasteiger partial charge in [0.1, 0.15) is 0 Å². The highest BCUT2D eigenvalue weighted by molar-refractivity contribution is 5.93. The van der Waals surface area contributed by atoms with Gasteiger partial charge in [-0.3, -0.25) is 9.78 Å². The van der Waals surface area contributed by atoms with Gasteiger partial charge in [0.05, 0.1) is 5.56 Å². The quantitative estimate of drug-likeness (QED) is 0.708. The zero-order chi connectivity index (χ0) is 16.8. The molecule has 0 aliphatic carbocycles. The first-order valence-electron chi connectivity index (χ1n) is 8.59. The van der Waals surface area contributed by atoms with Gasteiger partial charge in [-0.1, -0.05) is 27.7 Å². The lowest BCUT2D eigenvalue weighted by Crippen LogP contribution is -2.28. The third-order valence-corrected chi connectivity index (χ3v) is 3.31. The number of nitrogens with one attached hydrogen (secondary N) is 1. The topological polar surface area (TPSA) is 45.2 Å². The Morgan fingerprint density at radius 3 is 2.50 bits per heavy atom. The normalized spacial score (nSPS) is 10.1. The zero-order valence-electron chi connectivity index (χ0n) is 15.0. The van der Waals surface area contributed by atoms with Gasteiger partial charge in [-0.15, -0.1) is 0 Å². The van der Waals surface area contributed by atoms with Crippen molar-refractivity contribution in [3.8, 4) is 0 Å². The molecule has 0 saturated heterocycles. The van der Waals surface area contributed by atoms with Crippen molar-refractivity contribution in [3.05, 3.63) is 29.6 Å². The molecule has 0 radical (unpaired) electrons. The first-order chi connectivity index (χ1) is 10.7. The van der Waals surface area contributed by atoms with Crippen LogP contribution in [0.25, 0.3) is 0 Å². The highest BCUT2D eigenvalue weighted by Crippen LogP contribution is 2.01. The van der Waals surface area contributed by atoms with Crippen LogP contribution in [0.3, 0.4) is 0 Å². The maximum absolute atomic E-state index is 11.9. The lowest BCUT2D eigenvalue weighted by molar-refractivity contribution is 0.0952. The summed E-state index contributed by atoms with van der Waals surface area (Å²) in [6, 6.07) is 1.86. The van der Waals surface area contributed by atoms with Crippen molar-refractivity contribution >= 4 is 5.91 Å². The van der Waals surface area contributed by atoms with Gasteiger partial charge in [-0.2, -0.15) is 0 Å². The number of rotatable bonds is 9. The molecule has 126 valence electrons. The van der Waals surface area contributed by atoms with Crippen LogP contribution in [0.2, 0.25) is 0 Å². The van der Waals surface area contributed by atoms with E-state index in [0.717, 1.165) is 44.6 Å². The van der Waals surface area contributed by atoms with Gasteiger partial charge in [0.15, 0.2) is 0 Å². The van der Waals surface area contributed by atoms with E-state index in [-0.39, 0.29) is 5.91 Å². The Balaban J connectivity index is 0.00000211. The number of aromatic nitrogens is 1. The predicted molar refractivity (Wildman–Crippen MR) is 94.3 cm³/mol. The smallest absolute Gasteiger partial charge is 0.252 e. The highest BCUT2D eigenvalue weighted by Gasteiger charge is 2.05. The number of carbonyl (C=O) groups is 1. The van der Waals surface area contributed by atoms with Gasteiger partial charge in [-0.25, -0.2) is 0 Å². The zero-order valence-corrected chi connectivity index (χ0v) is 15.0. The van der Waals surface area contributed by atoms with E-state index < -0.39 is 0 Å². The Bertz CT molecular complexity index is 407. The van der Waals surface area contributed by atoms with Crippen LogP contribution in [0.5, 0.6) is 0 Å². The Hall–Kier alpha value is -1.42. The van der Waals surface area contributed by atoms with E-state index in [1.54, 1.807) is 12.4 Å². The molecule has 0 aromatic carbocycles. The molecule has 1 amide bonds. The predicted octanol–water partition coefficient (Wildman–Crippen LogP) is 3.66. The van der Waals surface area contributed by atoms with Crippen molar-refractivity contribution in [1.82, 2.24) is 15.2 Å². The fourth-order valence-corrected chi connectivity index (χ4v) is 2.19. The van der Waals surface area contributed by atoms with E-state index in [1.165, 1.54) is 6.42 Å². The monoisotopic (exact) mass is 307 g/mol. The van der Waals surface area contributed by atoms with Crippen LogP contribution in [0.15, 0.2) is 18.5 Å². The average Bonchev–Trinajstić information content (AvgIpc) is 2.55. The van der Waals surface area contributed by atoms with Crippen molar-refractivity contribution in [2.75, 3.05) is 26.2 Å². The minimum Gasteiger partial charge on any atom is -0.352 e. The highest BCUT2D eigenvalue weighted by atomic mass is 16.1. The SMILES string of the molecule is CC.CCCN(CC)CCCCNC(=O)c1cncc(C)c1. The summed E-state index contributed by atoms with van der Waals surface area (Å²) in [4.78, 5) is 18.4. The van der Waals surface area contributed by atoms with E-state index in [0.29, 0.717) is 5.56 Å². The summed E-state index contributed by atoms with van der Waals surface area (Å²) in [7, 11) is 0. The van der Waals surface area contributed by atoms with E-state index in [2.05, 4.69) is 29.0 Å². The van der Waals surface area contributed by atoms with Gasteiger partial charge in [-0.05, 0) is 57.5 Å². The molecular weight excluding hydrogens is 274 g/mol. The summed E-state index contributed by atoms with van der Waals surface area (Å²) in [6.45, 7) is 14.5. The molecule has 0 fully saturated rings. The molecule has 0 saturated carbocycles. The lowest BCUT2D eigenvalue weighted by Gasteiger charge is -2.19. The van der Waals surface area contributed by atoms with Gasteiger partial charge in [0.2, 0.25) is 0 Å². The van der Waals surface area contributed by atoms with Crippen molar-refractivity contribution < 1.29 is 4.79 Å². The van der Waals surface area contributed by atoms with Crippen molar-refractivity contribution in [3.63, 3.8) is 0 Å². The summed E-state index contributed by atoms with van der Waals surface area (Å²) in [5.74, 6) is -0.0258. The Morgan fingerprint density at radius 2 is 1.91 bits per heavy atom. The Labute approximate surface area is 136 Å². The maximum Gasteiger partial charge on any atom is 0.252 e. The van der Waals surface area contributed by atoms with Crippen LogP contribution in [-0.4, -0.2) is 42.0 Å². The van der Waals surface area contributed by atoms with E-state index in [1.807, 2.05) is 26.8 Å². The van der Waals surface area contributed by atoms with Crippen molar-refractivity contribution in [2.45, 2.75) is 53.9 Å². The van der Waals surface area contributed by atoms with Gasteiger partial charge >= 0.3 is 0 Å². The number of amides is 1. The van der Waals surface area contributed by atoms with E-state index in [9.17, 15) is 4.79 Å². The molecule has 1 heterocycles. The summed E-state index contributed by atoms with van der Waals surface area (Å²) in [5.41, 5.74) is 1.65. The number of unbranched alkanes of at least 4 members (excludes halogenated alkanes) is 1. The number of hydrogen-bond acceptors (Lipinski definition) is 3. The lowest BCUT2D eigenvalue weighted by atomic mass is 10.2. The standard InChI is InChI=1S/C16H27N3O.C2H6/c1-4-9-19(5-2)10-7-6-8-18-16(20)15-11-14(3)12-17-13-15;1-2/h11-13H,4-10H2,1-3H3,(H,18,20);1-2H3. The minimum atomic E-state index is -0.0258. The molecule has 4 nitrogen and oxygen atoms in total. The summed E-state index contributed by atoms with van der Waals surface area (Å²) in [6.07, 6.45) is 6.71. The van der Waals surface area contributed by atoms with Crippen molar-refractivity contribution in [2.24, 2.45) is 0 Å². The molecule has 1 N–H and O–H groups in total. The number of carbonyl (C=O) groups excluding carboxylic acids is 1. The summed E-state index contributed by atoms with van der Waals surface area (Å²) >= 11 is 0. The van der Waals surface area contributed by atoms with Crippen molar-refractivity contribution in [1.29, 1.82) is 0 Å². The largest absolute Gasteiger partial charge is 0.352 e. The third kappa shape index (κ3) is 8.78. The molecular formula is C18H33N3O. The summed E-state index contributed by atoms with van der Waals surface area (Å²) < 4.78 is 0. The van der Waals surface area contributed by atoms with Gasteiger partial charge < -0.3 is 10.2 Å². The minimum absolute atomic E-state index is 0.0258. The second kappa shape index (κ2) is 13.3. The molecule has 22 heavy (non-hydrogen) atoms. The van der Waals surface area contributed by atoms with Crippen LogP contribution in [0, 0.1) is 6.92 Å². The number of nitrogens with zero attached hydrogens (tertiary/aromatic N) is 2.